The Balaban J connectivity index is 1.34. The number of hydrogen-bond acceptors (Lipinski definition) is 4. The molecule has 2 fully saturated rings. The zero-order valence-electron chi connectivity index (χ0n) is 16.9. The number of carbonyl (C=O) groups excluding carboxylic acids is 1. The van der Waals surface area contributed by atoms with Crippen LogP contribution < -0.4 is 5.32 Å². The zero-order chi connectivity index (χ0) is 20.5. The van der Waals surface area contributed by atoms with Gasteiger partial charge in [0.2, 0.25) is 0 Å². The van der Waals surface area contributed by atoms with Gasteiger partial charge in [-0.25, -0.2) is 4.39 Å². The van der Waals surface area contributed by atoms with Gasteiger partial charge in [0, 0.05) is 42.4 Å². The van der Waals surface area contributed by atoms with E-state index in [0.717, 1.165) is 28.5 Å². The fourth-order valence-electron chi connectivity index (χ4n) is 4.42. The molecule has 1 aromatic heterocycles. The van der Waals surface area contributed by atoms with E-state index in [2.05, 4.69) is 15.5 Å². The molecule has 30 heavy (non-hydrogen) atoms. The number of likely N-dealkylation sites (tertiary alicyclic amines) is 1. The molecule has 2 aliphatic rings. The Bertz CT molecular complexity index is 1080. The van der Waals surface area contributed by atoms with Gasteiger partial charge in [-0.1, -0.05) is 36.8 Å². The van der Waals surface area contributed by atoms with Crippen LogP contribution in [0.5, 0.6) is 0 Å². The van der Waals surface area contributed by atoms with Crippen molar-refractivity contribution in [3.05, 3.63) is 71.3 Å². The number of rotatable bonds is 5. The largest absolute Gasteiger partial charge is 0.337 e. The first-order chi connectivity index (χ1) is 14.7. The van der Waals surface area contributed by atoms with E-state index in [1.807, 2.05) is 24.3 Å². The van der Waals surface area contributed by atoms with Crippen molar-refractivity contribution in [2.24, 2.45) is 0 Å². The molecule has 0 bridgehead atoms. The molecule has 5 rings (SSSR count). The molecule has 154 valence electrons. The number of carbonyl (C=O) groups is 1. The molecular weight excluding hydrogens is 379 g/mol. The molecule has 2 heterocycles. The SMILES string of the molecule is O=C(c1cc(Cc2nncc3ccccc23)ccc1F)N1CC[C@@H](NC2CCC2)C1. The molecule has 1 aliphatic carbocycles. The Morgan fingerprint density at radius 1 is 1.13 bits per heavy atom. The topological polar surface area (TPSA) is 58.1 Å². The van der Waals surface area contributed by atoms with Crippen LogP contribution >= 0.6 is 0 Å². The molecule has 0 unspecified atom stereocenters. The van der Waals surface area contributed by atoms with Gasteiger partial charge in [-0.2, -0.15) is 10.2 Å². The molecule has 6 heteroatoms. The molecule has 1 saturated carbocycles. The van der Waals surface area contributed by atoms with Crippen LogP contribution in [-0.2, 0) is 6.42 Å². The van der Waals surface area contributed by atoms with Crippen molar-refractivity contribution in [2.75, 3.05) is 13.1 Å². The summed E-state index contributed by atoms with van der Waals surface area (Å²) in [6, 6.07) is 13.6. The number of hydrogen-bond donors (Lipinski definition) is 1. The molecule has 0 spiro atoms. The van der Waals surface area contributed by atoms with Gasteiger partial charge in [-0.3, -0.25) is 4.79 Å². The number of fused-ring (bicyclic) bond motifs is 1. The molecule has 1 N–H and O–H groups in total. The van der Waals surface area contributed by atoms with E-state index in [-0.39, 0.29) is 11.5 Å². The normalized spacial score (nSPS) is 19.2. The maximum absolute atomic E-state index is 14.5. The Morgan fingerprint density at radius 2 is 2.00 bits per heavy atom. The van der Waals surface area contributed by atoms with Crippen LogP contribution in [0.15, 0.2) is 48.7 Å². The second-order valence-corrected chi connectivity index (χ2v) is 8.40. The van der Waals surface area contributed by atoms with Crippen molar-refractivity contribution in [3.63, 3.8) is 0 Å². The number of benzene rings is 2. The number of nitrogens with zero attached hydrogens (tertiary/aromatic N) is 3. The Kier molecular flexibility index (Phi) is 5.17. The van der Waals surface area contributed by atoms with E-state index < -0.39 is 5.82 Å². The summed E-state index contributed by atoms with van der Waals surface area (Å²) < 4.78 is 14.5. The van der Waals surface area contributed by atoms with Crippen molar-refractivity contribution in [3.8, 4) is 0 Å². The van der Waals surface area contributed by atoms with E-state index >= 15 is 0 Å². The van der Waals surface area contributed by atoms with E-state index in [9.17, 15) is 9.18 Å². The van der Waals surface area contributed by atoms with Gasteiger partial charge in [0.05, 0.1) is 17.5 Å². The average Bonchev–Trinajstić information content (AvgIpc) is 3.21. The second kappa shape index (κ2) is 8.11. The summed E-state index contributed by atoms with van der Waals surface area (Å²) in [6.07, 6.45) is 6.89. The predicted octanol–water partition coefficient (Wildman–Crippen LogP) is 3.72. The lowest BCUT2D eigenvalue weighted by Gasteiger charge is -2.29. The van der Waals surface area contributed by atoms with Gasteiger partial charge < -0.3 is 10.2 Å². The molecule has 1 saturated heterocycles. The average molecular weight is 404 g/mol. The summed E-state index contributed by atoms with van der Waals surface area (Å²) in [4.78, 5) is 14.8. The fourth-order valence-corrected chi connectivity index (χ4v) is 4.42. The van der Waals surface area contributed by atoms with E-state index in [1.165, 1.54) is 25.3 Å². The molecule has 1 amide bonds. The van der Waals surface area contributed by atoms with E-state index in [1.54, 1.807) is 23.2 Å². The first-order valence-corrected chi connectivity index (χ1v) is 10.7. The van der Waals surface area contributed by atoms with Crippen molar-refractivity contribution in [2.45, 2.75) is 44.2 Å². The van der Waals surface area contributed by atoms with Crippen LogP contribution in [0.25, 0.3) is 10.8 Å². The fraction of sp³-hybridized carbons (Fsp3) is 0.375. The van der Waals surface area contributed by atoms with Gasteiger partial charge in [-0.05, 0) is 37.0 Å². The van der Waals surface area contributed by atoms with Crippen molar-refractivity contribution < 1.29 is 9.18 Å². The molecular formula is C24H25FN4O. The monoisotopic (exact) mass is 404 g/mol. The first-order valence-electron chi connectivity index (χ1n) is 10.7. The van der Waals surface area contributed by atoms with Gasteiger partial charge in [0.15, 0.2) is 0 Å². The number of nitrogens with one attached hydrogen (secondary N) is 1. The Morgan fingerprint density at radius 3 is 2.83 bits per heavy atom. The number of halogens is 1. The Hall–Kier alpha value is -2.86. The van der Waals surface area contributed by atoms with Crippen LogP contribution in [-0.4, -0.2) is 46.2 Å². The third-order valence-electron chi connectivity index (χ3n) is 6.33. The second-order valence-electron chi connectivity index (χ2n) is 8.40. The quantitative estimate of drug-likeness (QED) is 0.704. The maximum Gasteiger partial charge on any atom is 0.256 e. The summed E-state index contributed by atoms with van der Waals surface area (Å²) in [7, 11) is 0. The first kappa shape index (κ1) is 19.1. The van der Waals surface area contributed by atoms with Crippen LogP contribution in [0.1, 0.15) is 47.3 Å². The highest BCUT2D eigenvalue weighted by molar-refractivity contribution is 5.95. The lowest BCUT2D eigenvalue weighted by Crippen LogP contribution is -2.44. The van der Waals surface area contributed by atoms with Crippen LogP contribution in [0.4, 0.5) is 4.39 Å². The summed E-state index contributed by atoms with van der Waals surface area (Å²) in [6.45, 7) is 1.31. The third-order valence-corrected chi connectivity index (χ3v) is 6.33. The lowest BCUT2D eigenvalue weighted by molar-refractivity contribution is 0.0783. The molecule has 5 nitrogen and oxygen atoms in total. The maximum atomic E-state index is 14.5. The van der Waals surface area contributed by atoms with Gasteiger partial charge in [-0.15, -0.1) is 0 Å². The van der Waals surface area contributed by atoms with Crippen molar-refractivity contribution >= 4 is 16.7 Å². The van der Waals surface area contributed by atoms with E-state index in [0.29, 0.717) is 31.6 Å². The summed E-state index contributed by atoms with van der Waals surface area (Å²) >= 11 is 0. The molecule has 2 aromatic carbocycles. The summed E-state index contributed by atoms with van der Waals surface area (Å²) in [5.41, 5.74) is 1.82. The van der Waals surface area contributed by atoms with Gasteiger partial charge >= 0.3 is 0 Å². The van der Waals surface area contributed by atoms with Crippen LogP contribution in [0, 0.1) is 5.82 Å². The summed E-state index contributed by atoms with van der Waals surface area (Å²) in [5, 5.41) is 14.0. The predicted molar refractivity (Wildman–Crippen MR) is 114 cm³/mol. The van der Waals surface area contributed by atoms with Gasteiger partial charge in [0.25, 0.3) is 5.91 Å². The minimum Gasteiger partial charge on any atom is -0.337 e. The third kappa shape index (κ3) is 3.79. The molecule has 1 atom stereocenters. The standard InChI is InChI=1S/C24H25FN4O/c25-22-9-8-16(13-23-20-7-2-1-4-17(20)14-26-28-23)12-21(22)24(30)29-11-10-19(15-29)27-18-5-3-6-18/h1-2,4,7-9,12,14,18-19,27H,3,5-6,10-11,13,15H2/t19-/m1/s1. The lowest BCUT2D eigenvalue weighted by atomic mass is 9.92. The van der Waals surface area contributed by atoms with Crippen molar-refractivity contribution in [1.29, 1.82) is 0 Å². The van der Waals surface area contributed by atoms with E-state index in [4.69, 9.17) is 0 Å². The summed E-state index contributed by atoms with van der Waals surface area (Å²) in [5.74, 6) is -0.695. The number of amides is 1. The van der Waals surface area contributed by atoms with Gasteiger partial charge in [0.1, 0.15) is 5.82 Å². The highest BCUT2D eigenvalue weighted by atomic mass is 19.1. The number of aromatic nitrogens is 2. The molecule has 0 radical (unpaired) electrons. The molecule has 3 aromatic rings. The smallest absolute Gasteiger partial charge is 0.256 e. The Labute approximate surface area is 175 Å². The minimum absolute atomic E-state index is 0.144. The zero-order valence-corrected chi connectivity index (χ0v) is 16.9. The highest BCUT2D eigenvalue weighted by Crippen LogP contribution is 2.24. The minimum atomic E-state index is -0.469. The highest BCUT2D eigenvalue weighted by Gasteiger charge is 2.31. The van der Waals surface area contributed by atoms with Crippen molar-refractivity contribution in [1.82, 2.24) is 20.4 Å². The molecule has 1 aliphatic heterocycles. The van der Waals surface area contributed by atoms with Crippen LogP contribution in [0.3, 0.4) is 0 Å². The van der Waals surface area contributed by atoms with Crippen LogP contribution in [0.2, 0.25) is 0 Å².